The molecule has 0 aliphatic carbocycles. The van der Waals surface area contributed by atoms with E-state index in [1.54, 1.807) is 31.4 Å². The van der Waals surface area contributed by atoms with Crippen molar-refractivity contribution in [3.8, 4) is 11.5 Å². The van der Waals surface area contributed by atoms with Gasteiger partial charge in [-0.1, -0.05) is 25.6 Å². The van der Waals surface area contributed by atoms with Crippen LogP contribution in [-0.4, -0.2) is 35.8 Å². The predicted molar refractivity (Wildman–Crippen MR) is 96.2 cm³/mol. The Bertz CT molecular complexity index is 684. The van der Waals surface area contributed by atoms with Gasteiger partial charge in [-0.3, -0.25) is 14.5 Å². The number of amides is 2. The second-order valence-corrected chi connectivity index (χ2v) is 6.31. The number of carbonyl (C=O) groups is 2. The van der Waals surface area contributed by atoms with Gasteiger partial charge in [0.1, 0.15) is 6.61 Å². The Hall–Kier alpha value is -2.21. The van der Waals surface area contributed by atoms with E-state index in [9.17, 15) is 9.59 Å². The Morgan fingerprint density at radius 3 is 2.71 bits per heavy atom. The molecule has 0 radical (unpaired) electrons. The van der Waals surface area contributed by atoms with Crippen LogP contribution in [0.4, 0.5) is 4.79 Å². The van der Waals surface area contributed by atoms with Crippen molar-refractivity contribution < 1.29 is 19.1 Å². The molecule has 1 aromatic rings. The average Bonchev–Trinajstić information content (AvgIpc) is 2.86. The number of imide groups is 1. The number of rotatable bonds is 7. The van der Waals surface area contributed by atoms with Crippen molar-refractivity contribution in [3.63, 3.8) is 0 Å². The molecule has 128 valence electrons. The number of carbonyl (C=O) groups excluding carboxylic acids is 2. The first kappa shape index (κ1) is 18.1. The van der Waals surface area contributed by atoms with Gasteiger partial charge in [0, 0.05) is 6.04 Å². The van der Waals surface area contributed by atoms with Crippen molar-refractivity contribution in [2.24, 2.45) is 0 Å². The van der Waals surface area contributed by atoms with Crippen LogP contribution in [0, 0.1) is 0 Å². The highest BCUT2D eigenvalue weighted by molar-refractivity contribution is 8.18. The number of methoxy groups -OCH3 is 1. The zero-order chi connectivity index (χ0) is 17.7. The van der Waals surface area contributed by atoms with Crippen LogP contribution >= 0.6 is 11.8 Å². The normalized spacial score (nSPS) is 17.3. The third-order valence-corrected chi connectivity index (χ3v) is 4.58. The van der Waals surface area contributed by atoms with E-state index in [1.807, 2.05) is 19.9 Å². The lowest BCUT2D eigenvalue weighted by atomic mass is 10.1. The molecular formula is C18H21NO4S. The minimum absolute atomic E-state index is 0.104. The van der Waals surface area contributed by atoms with Crippen LogP contribution in [0.2, 0.25) is 0 Å². The maximum absolute atomic E-state index is 12.4. The van der Waals surface area contributed by atoms with Crippen LogP contribution in [0.3, 0.4) is 0 Å². The third-order valence-electron chi connectivity index (χ3n) is 3.70. The first-order valence-corrected chi connectivity index (χ1v) is 8.52. The number of hydrogen-bond acceptors (Lipinski definition) is 5. The molecule has 6 heteroatoms. The smallest absolute Gasteiger partial charge is 0.293 e. The molecule has 2 amide bonds. The first-order chi connectivity index (χ1) is 11.5. The summed E-state index contributed by atoms with van der Waals surface area (Å²) in [7, 11) is 1.55. The van der Waals surface area contributed by atoms with Gasteiger partial charge in [-0.25, -0.2) is 0 Å². The summed E-state index contributed by atoms with van der Waals surface area (Å²) in [6.07, 6.45) is 4.08. The molecule has 1 aliphatic heterocycles. The van der Waals surface area contributed by atoms with E-state index in [2.05, 4.69) is 6.58 Å². The lowest BCUT2D eigenvalue weighted by molar-refractivity contribution is -0.124. The van der Waals surface area contributed by atoms with Gasteiger partial charge in [0.25, 0.3) is 11.1 Å². The Morgan fingerprint density at radius 1 is 1.33 bits per heavy atom. The van der Waals surface area contributed by atoms with E-state index < -0.39 is 0 Å². The lowest BCUT2D eigenvalue weighted by Gasteiger charge is -2.19. The molecule has 5 nitrogen and oxygen atoms in total. The largest absolute Gasteiger partial charge is 0.493 e. The summed E-state index contributed by atoms with van der Waals surface area (Å²) in [5.41, 5.74) is 0.771. The zero-order valence-corrected chi connectivity index (χ0v) is 14.9. The van der Waals surface area contributed by atoms with Crippen molar-refractivity contribution in [2.75, 3.05) is 13.7 Å². The molecule has 2 rings (SSSR count). The summed E-state index contributed by atoms with van der Waals surface area (Å²) in [5.74, 6) is 0.916. The fraction of sp³-hybridized carbons (Fsp3) is 0.333. The molecule has 1 aliphatic rings. The summed E-state index contributed by atoms with van der Waals surface area (Å²) in [5, 5.41) is -0.224. The second kappa shape index (κ2) is 8.06. The van der Waals surface area contributed by atoms with Crippen molar-refractivity contribution >= 4 is 29.0 Å². The number of thioether (sulfide) groups is 1. The Morgan fingerprint density at radius 2 is 2.08 bits per heavy atom. The third kappa shape index (κ3) is 3.82. The molecule has 0 saturated carbocycles. The lowest BCUT2D eigenvalue weighted by Crippen LogP contribution is -2.36. The number of ether oxygens (including phenoxy) is 2. The van der Waals surface area contributed by atoms with Gasteiger partial charge in [0.05, 0.1) is 12.0 Å². The maximum Gasteiger partial charge on any atom is 0.293 e. The minimum atomic E-state index is -0.245. The number of nitrogens with zero attached hydrogens (tertiary/aromatic N) is 1. The predicted octanol–water partition coefficient (Wildman–Crippen LogP) is 4.09. The SMILES string of the molecule is C=CCOc1ccc(/C=C2/SC(=O)N([C@@H](C)CC)C2=O)cc1OC. The summed E-state index contributed by atoms with van der Waals surface area (Å²) in [6, 6.07) is 5.26. The summed E-state index contributed by atoms with van der Waals surface area (Å²) in [6.45, 7) is 7.81. The quantitative estimate of drug-likeness (QED) is 0.549. The van der Waals surface area contributed by atoms with Gasteiger partial charge in [-0.15, -0.1) is 0 Å². The molecule has 0 unspecified atom stereocenters. The summed E-state index contributed by atoms with van der Waals surface area (Å²) < 4.78 is 10.8. The van der Waals surface area contributed by atoms with Gasteiger partial charge in [0.15, 0.2) is 11.5 Å². The molecule has 1 atom stereocenters. The van der Waals surface area contributed by atoms with Gasteiger partial charge in [0.2, 0.25) is 0 Å². The van der Waals surface area contributed by atoms with Crippen molar-refractivity contribution in [1.29, 1.82) is 0 Å². The molecule has 1 saturated heterocycles. The van der Waals surface area contributed by atoms with Crippen molar-refractivity contribution in [2.45, 2.75) is 26.3 Å². The summed E-state index contributed by atoms with van der Waals surface area (Å²) >= 11 is 0.965. The standard InChI is InChI=1S/C18H21NO4S/c1-5-9-23-14-8-7-13(10-15(14)22-4)11-16-17(20)19(12(3)6-2)18(21)24-16/h5,7-8,10-12H,1,6,9H2,2-4H3/b16-11+/t12-/m0/s1. The average molecular weight is 347 g/mol. The molecule has 1 heterocycles. The van der Waals surface area contributed by atoms with Crippen LogP contribution in [0.25, 0.3) is 6.08 Å². The Balaban J connectivity index is 2.26. The second-order valence-electron chi connectivity index (χ2n) is 5.32. The van der Waals surface area contributed by atoms with Crippen LogP contribution in [0.1, 0.15) is 25.8 Å². The van der Waals surface area contributed by atoms with E-state index in [0.29, 0.717) is 23.0 Å². The molecule has 24 heavy (non-hydrogen) atoms. The van der Waals surface area contributed by atoms with Crippen LogP contribution < -0.4 is 9.47 Å². The molecule has 0 aromatic heterocycles. The summed E-state index contributed by atoms with van der Waals surface area (Å²) in [4.78, 5) is 26.2. The Kier molecular flexibility index (Phi) is 6.09. The van der Waals surface area contributed by atoms with Gasteiger partial charge in [-0.2, -0.15) is 0 Å². The molecule has 1 fully saturated rings. The maximum atomic E-state index is 12.4. The fourth-order valence-electron chi connectivity index (χ4n) is 2.24. The molecular weight excluding hydrogens is 326 g/mol. The highest BCUT2D eigenvalue weighted by Gasteiger charge is 2.37. The minimum Gasteiger partial charge on any atom is -0.493 e. The fourth-order valence-corrected chi connectivity index (χ4v) is 3.17. The highest BCUT2D eigenvalue weighted by Crippen LogP contribution is 2.35. The topological polar surface area (TPSA) is 55.8 Å². The number of hydrogen-bond donors (Lipinski definition) is 0. The van der Waals surface area contributed by atoms with Crippen LogP contribution in [-0.2, 0) is 4.79 Å². The van der Waals surface area contributed by atoms with E-state index in [4.69, 9.17) is 9.47 Å². The Labute approximate surface area is 146 Å². The van der Waals surface area contributed by atoms with Gasteiger partial charge < -0.3 is 9.47 Å². The van der Waals surface area contributed by atoms with Crippen LogP contribution in [0.15, 0.2) is 35.8 Å². The number of benzene rings is 1. The zero-order valence-electron chi connectivity index (χ0n) is 14.1. The highest BCUT2D eigenvalue weighted by atomic mass is 32.2. The molecule has 0 spiro atoms. The van der Waals surface area contributed by atoms with Crippen LogP contribution in [0.5, 0.6) is 11.5 Å². The first-order valence-electron chi connectivity index (χ1n) is 7.70. The van der Waals surface area contributed by atoms with Gasteiger partial charge in [-0.05, 0) is 48.9 Å². The molecule has 0 bridgehead atoms. The van der Waals surface area contributed by atoms with E-state index in [-0.39, 0.29) is 17.2 Å². The van der Waals surface area contributed by atoms with E-state index in [1.165, 1.54) is 4.90 Å². The van der Waals surface area contributed by atoms with Crippen molar-refractivity contribution in [3.05, 3.63) is 41.3 Å². The molecule has 1 aromatic carbocycles. The van der Waals surface area contributed by atoms with Crippen molar-refractivity contribution in [1.82, 2.24) is 4.90 Å². The monoisotopic (exact) mass is 347 g/mol. The van der Waals surface area contributed by atoms with E-state index >= 15 is 0 Å². The van der Waals surface area contributed by atoms with E-state index in [0.717, 1.165) is 23.7 Å². The molecule has 0 N–H and O–H groups in total. The van der Waals surface area contributed by atoms with Gasteiger partial charge >= 0.3 is 0 Å².